The summed E-state index contributed by atoms with van der Waals surface area (Å²) >= 11 is 0. The molecule has 0 saturated carbocycles. The number of carbonyl (C=O) groups is 1. The smallest absolute Gasteiger partial charge is 0.160 e. The molecule has 0 radical (unpaired) electrons. The summed E-state index contributed by atoms with van der Waals surface area (Å²) in [7, 11) is 0. The van der Waals surface area contributed by atoms with Crippen molar-refractivity contribution in [3.05, 3.63) is 11.9 Å². The van der Waals surface area contributed by atoms with Gasteiger partial charge in [-0.2, -0.15) is 0 Å². The van der Waals surface area contributed by atoms with Crippen LogP contribution < -0.4 is 11.1 Å². The van der Waals surface area contributed by atoms with E-state index >= 15 is 0 Å². The molecule has 1 aliphatic heterocycles. The fourth-order valence-electron chi connectivity index (χ4n) is 3.05. The lowest BCUT2D eigenvalue weighted by Gasteiger charge is -2.28. The van der Waals surface area contributed by atoms with Crippen LogP contribution in [-0.4, -0.2) is 33.9 Å². The Bertz CT molecular complexity index is 481. The number of ketones is 1. The molecule has 6 nitrogen and oxygen atoms in total. The number of nitrogens with one attached hydrogen (secondary N) is 1. The monoisotopic (exact) mass is 307 g/mol. The summed E-state index contributed by atoms with van der Waals surface area (Å²) in [5.41, 5.74) is 6.80. The van der Waals surface area contributed by atoms with Crippen LogP contribution in [0.3, 0.4) is 0 Å². The van der Waals surface area contributed by atoms with E-state index in [1.54, 1.807) is 4.68 Å². The second-order valence-corrected chi connectivity index (χ2v) is 6.40. The molecule has 0 bridgehead atoms. The Hall–Kier alpha value is -1.27. The fraction of sp³-hybridized carbons (Fsp3) is 0.812. The topological polar surface area (TPSA) is 85.8 Å². The summed E-state index contributed by atoms with van der Waals surface area (Å²) in [6.45, 7) is 8.10. The highest BCUT2D eigenvalue weighted by atomic mass is 16.1. The van der Waals surface area contributed by atoms with E-state index < -0.39 is 0 Å². The van der Waals surface area contributed by atoms with Crippen molar-refractivity contribution in [2.75, 3.05) is 13.1 Å². The summed E-state index contributed by atoms with van der Waals surface area (Å²) in [6.07, 6.45) is 5.46. The third-order valence-electron chi connectivity index (χ3n) is 4.85. The number of hydrogen-bond acceptors (Lipinski definition) is 5. The molecular weight excluding hydrogens is 278 g/mol. The zero-order valence-electron chi connectivity index (χ0n) is 14.0. The maximum absolute atomic E-state index is 13.0. The summed E-state index contributed by atoms with van der Waals surface area (Å²) in [6, 6.07) is -0.335. The zero-order chi connectivity index (χ0) is 16.1. The van der Waals surface area contributed by atoms with Crippen molar-refractivity contribution in [3.8, 4) is 0 Å². The van der Waals surface area contributed by atoms with Crippen LogP contribution in [0.15, 0.2) is 6.20 Å². The van der Waals surface area contributed by atoms with Gasteiger partial charge in [0.25, 0.3) is 0 Å². The molecule has 0 amide bonds. The molecule has 1 aliphatic rings. The van der Waals surface area contributed by atoms with E-state index in [4.69, 9.17) is 5.73 Å². The van der Waals surface area contributed by atoms with Crippen molar-refractivity contribution in [2.24, 2.45) is 17.6 Å². The van der Waals surface area contributed by atoms with Gasteiger partial charge in [-0.25, -0.2) is 4.68 Å². The van der Waals surface area contributed by atoms with Crippen molar-refractivity contribution in [1.29, 1.82) is 0 Å². The Balaban J connectivity index is 2.21. The second-order valence-electron chi connectivity index (χ2n) is 6.40. The Morgan fingerprint density at radius 1 is 1.41 bits per heavy atom. The van der Waals surface area contributed by atoms with Crippen LogP contribution in [0.25, 0.3) is 0 Å². The minimum absolute atomic E-state index is 0.111. The van der Waals surface area contributed by atoms with Gasteiger partial charge in [-0.15, -0.1) is 5.10 Å². The standard InChI is InChI=1S/C16H29N5O/c1-4-11(3)15(16(22)12-6-8-18-9-7-12)21-10-14(19-20-21)13(17)5-2/h10-13,15,18H,4-9,17H2,1-3H3/t11-,13-,15-/m0/s1. The molecule has 1 fully saturated rings. The Morgan fingerprint density at radius 2 is 2.09 bits per heavy atom. The fourth-order valence-corrected chi connectivity index (χ4v) is 3.05. The van der Waals surface area contributed by atoms with Crippen molar-refractivity contribution in [3.63, 3.8) is 0 Å². The van der Waals surface area contributed by atoms with Gasteiger partial charge < -0.3 is 11.1 Å². The predicted octanol–water partition coefficient (Wildman–Crippen LogP) is 1.84. The lowest BCUT2D eigenvalue weighted by Crippen LogP contribution is -2.37. The number of nitrogens with two attached hydrogens (primary N) is 1. The third-order valence-corrected chi connectivity index (χ3v) is 4.85. The average molecular weight is 307 g/mol. The van der Waals surface area contributed by atoms with Gasteiger partial charge in [-0.1, -0.05) is 32.4 Å². The van der Waals surface area contributed by atoms with Crippen LogP contribution in [0.4, 0.5) is 0 Å². The number of piperidine rings is 1. The van der Waals surface area contributed by atoms with E-state index in [1.807, 2.05) is 13.1 Å². The number of nitrogens with zero attached hydrogens (tertiary/aromatic N) is 3. The van der Waals surface area contributed by atoms with E-state index in [-0.39, 0.29) is 23.9 Å². The quantitative estimate of drug-likeness (QED) is 0.803. The minimum atomic E-state index is -0.224. The maximum Gasteiger partial charge on any atom is 0.160 e. The first kappa shape index (κ1) is 17.1. The van der Waals surface area contributed by atoms with Crippen LogP contribution in [0, 0.1) is 11.8 Å². The first-order valence-corrected chi connectivity index (χ1v) is 8.50. The van der Waals surface area contributed by atoms with Gasteiger partial charge >= 0.3 is 0 Å². The van der Waals surface area contributed by atoms with Crippen LogP contribution in [0.5, 0.6) is 0 Å². The molecule has 3 atom stereocenters. The minimum Gasteiger partial charge on any atom is -0.323 e. The van der Waals surface area contributed by atoms with Gasteiger partial charge in [-0.05, 0) is 38.3 Å². The maximum atomic E-state index is 13.0. The third kappa shape index (κ3) is 3.73. The van der Waals surface area contributed by atoms with E-state index in [0.29, 0.717) is 5.78 Å². The lowest BCUT2D eigenvalue weighted by molar-refractivity contribution is -0.128. The summed E-state index contributed by atoms with van der Waals surface area (Å²) in [5, 5.41) is 11.7. The molecule has 0 unspecified atom stereocenters. The molecule has 1 saturated heterocycles. The van der Waals surface area contributed by atoms with Gasteiger partial charge in [-0.3, -0.25) is 4.79 Å². The van der Waals surface area contributed by atoms with Gasteiger partial charge in [0, 0.05) is 5.92 Å². The predicted molar refractivity (Wildman–Crippen MR) is 86.3 cm³/mol. The Labute approximate surface area is 132 Å². The lowest BCUT2D eigenvalue weighted by atomic mass is 9.84. The zero-order valence-corrected chi connectivity index (χ0v) is 14.0. The Kier molecular flexibility index (Phi) is 6.08. The van der Waals surface area contributed by atoms with Gasteiger partial charge in [0.1, 0.15) is 6.04 Å². The highest BCUT2D eigenvalue weighted by molar-refractivity contribution is 5.85. The van der Waals surface area contributed by atoms with Gasteiger partial charge in [0.15, 0.2) is 5.78 Å². The van der Waals surface area contributed by atoms with E-state index in [2.05, 4.69) is 29.5 Å². The molecule has 0 aliphatic carbocycles. The SMILES string of the molecule is CC[C@H](N)c1cn([C@H](C(=O)C2CCNCC2)[C@@H](C)CC)nn1. The molecule has 124 valence electrons. The van der Waals surface area contributed by atoms with Crippen molar-refractivity contribution in [1.82, 2.24) is 20.3 Å². The number of hydrogen-bond donors (Lipinski definition) is 2. The number of rotatable bonds is 7. The molecule has 1 aromatic rings. The number of aromatic nitrogens is 3. The first-order valence-electron chi connectivity index (χ1n) is 8.50. The van der Waals surface area contributed by atoms with E-state index in [9.17, 15) is 4.79 Å². The molecular formula is C16H29N5O. The highest BCUT2D eigenvalue weighted by Gasteiger charge is 2.33. The van der Waals surface area contributed by atoms with Crippen molar-refractivity contribution < 1.29 is 4.79 Å². The highest BCUT2D eigenvalue weighted by Crippen LogP contribution is 2.28. The van der Waals surface area contributed by atoms with Crippen molar-refractivity contribution in [2.45, 2.75) is 58.5 Å². The molecule has 6 heteroatoms. The summed E-state index contributed by atoms with van der Waals surface area (Å²) < 4.78 is 1.75. The first-order chi connectivity index (χ1) is 10.6. The molecule has 2 heterocycles. The van der Waals surface area contributed by atoms with Gasteiger partial charge in [0.2, 0.25) is 0 Å². The summed E-state index contributed by atoms with van der Waals surface area (Å²) in [5.74, 6) is 0.680. The Morgan fingerprint density at radius 3 is 2.68 bits per heavy atom. The van der Waals surface area contributed by atoms with Crippen LogP contribution in [-0.2, 0) is 4.79 Å². The number of Topliss-reactive ketones (excluding diaryl/α,β-unsaturated/α-hetero) is 1. The molecule has 2 rings (SSSR count). The van der Waals surface area contributed by atoms with Crippen LogP contribution in [0.2, 0.25) is 0 Å². The van der Waals surface area contributed by atoms with E-state index in [1.165, 1.54) is 0 Å². The molecule has 0 spiro atoms. The van der Waals surface area contributed by atoms with E-state index in [0.717, 1.165) is 44.5 Å². The summed E-state index contributed by atoms with van der Waals surface area (Å²) in [4.78, 5) is 13.0. The normalized spacial score (nSPS) is 20.5. The molecule has 1 aromatic heterocycles. The average Bonchev–Trinajstić information content (AvgIpc) is 3.04. The molecule has 0 aromatic carbocycles. The van der Waals surface area contributed by atoms with Gasteiger partial charge in [0.05, 0.1) is 17.9 Å². The van der Waals surface area contributed by atoms with Crippen LogP contribution in [0.1, 0.15) is 64.2 Å². The molecule has 3 N–H and O–H groups in total. The second kappa shape index (κ2) is 7.83. The van der Waals surface area contributed by atoms with Crippen LogP contribution >= 0.6 is 0 Å². The molecule has 22 heavy (non-hydrogen) atoms. The number of carbonyl (C=O) groups excluding carboxylic acids is 1. The van der Waals surface area contributed by atoms with Crippen molar-refractivity contribution >= 4 is 5.78 Å². The largest absolute Gasteiger partial charge is 0.323 e.